The van der Waals surface area contributed by atoms with Gasteiger partial charge in [-0.1, -0.05) is 0 Å². The molecule has 0 aliphatic rings. The highest BCUT2D eigenvalue weighted by molar-refractivity contribution is 7.88. The zero-order chi connectivity index (χ0) is 15.5. The first-order valence-electron chi connectivity index (χ1n) is 6.44. The Morgan fingerprint density at radius 2 is 1.95 bits per heavy atom. The summed E-state index contributed by atoms with van der Waals surface area (Å²) >= 11 is 0. The molecule has 0 spiro atoms. The quantitative estimate of drug-likeness (QED) is 0.879. The molecule has 6 nitrogen and oxygen atoms in total. The third-order valence-corrected chi connectivity index (χ3v) is 3.68. The fraction of sp³-hybridized carbons (Fsp3) is 0.357. The van der Waals surface area contributed by atoms with Gasteiger partial charge in [0.15, 0.2) is 0 Å². The first-order valence-corrected chi connectivity index (χ1v) is 8.33. The largest absolute Gasteiger partial charge is 0.497 e. The molecule has 114 valence electrons. The Bertz CT molecular complexity index is 705. The van der Waals surface area contributed by atoms with Crippen molar-refractivity contribution in [1.82, 2.24) is 9.71 Å². The van der Waals surface area contributed by atoms with Gasteiger partial charge >= 0.3 is 0 Å². The van der Waals surface area contributed by atoms with Crippen molar-refractivity contribution >= 4 is 10.0 Å². The molecule has 2 rings (SSSR count). The monoisotopic (exact) mass is 310 g/mol. The van der Waals surface area contributed by atoms with Crippen molar-refractivity contribution in [3.05, 3.63) is 35.7 Å². The Hall–Kier alpha value is -1.86. The second-order valence-corrected chi connectivity index (χ2v) is 6.50. The van der Waals surface area contributed by atoms with Crippen LogP contribution in [0.15, 0.2) is 28.7 Å². The lowest BCUT2D eigenvalue weighted by atomic mass is 10.2. The third-order valence-electron chi connectivity index (χ3n) is 2.96. The molecule has 2 aromatic rings. The van der Waals surface area contributed by atoms with Gasteiger partial charge in [-0.3, -0.25) is 0 Å². The van der Waals surface area contributed by atoms with Crippen LogP contribution in [-0.2, 0) is 16.4 Å². The second-order valence-electron chi connectivity index (χ2n) is 4.67. The molecular weight excluding hydrogens is 292 g/mol. The Morgan fingerprint density at radius 3 is 2.52 bits per heavy atom. The Labute approximate surface area is 124 Å². The Balaban J connectivity index is 2.10. The van der Waals surface area contributed by atoms with Gasteiger partial charge < -0.3 is 9.15 Å². The van der Waals surface area contributed by atoms with Crippen LogP contribution in [0.25, 0.3) is 11.5 Å². The van der Waals surface area contributed by atoms with Crippen LogP contribution in [-0.4, -0.2) is 33.3 Å². The number of hydrogen-bond acceptors (Lipinski definition) is 5. The summed E-state index contributed by atoms with van der Waals surface area (Å²) in [5.74, 6) is 1.97. The van der Waals surface area contributed by atoms with Crippen LogP contribution in [0, 0.1) is 6.92 Å². The molecule has 0 unspecified atom stereocenters. The second kappa shape index (κ2) is 6.28. The van der Waals surface area contributed by atoms with Crippen LogP contribution >= 0.6 is 0 Å². The standard InChI is InChI=1S/C14H18N2O4S/c1-10-13(8-9-15-21(3,17)18)16-14(20-10)11-4-6-12(19-2)7-5-11/h4-7,15H,8-9H2,1-3H3. The molecule has 0 atom stereocenters. The molecule has 1 aromatic carbocycles. The van der Waals surface area contributed by atoms with E-state index in [4.69, 9.17) is 9.15 Å². The average molecular weight is 310 g/mol. The van der Waals surface area contributed by atoms with E-state index < -0.39 is 10.0 Å². The molecule has 0 fully saturated rings. The summed E-state index contributed by atoms with van der Waals surface area (Å²) < 4.78 is 35.2. The topological polar surface area (TPSA) is 81.4 Å². The fourth-order valence-electron chi connectivity index (χ4n) is 1.87. The normalized spacial score (nSPS) is 11.6. The summed E-state index contributed by atoms with van der Waals surface area (Å²) in [7, 11) is -1.57. The van der Waals surface area contributed by atoms with Gasteiger partial charge in [0, 0.05) is 18.5 Å². The minimum Gasteiger partial charge on any atom is -0.497 e. The molecule has 21 heavy (non-hydrogen) atoms. The number of nitrogens with zero attached hydrogens (tertiary/aromatic N) is 1. The van der Waals surface area contributed by atoms with E-state index in [0.29, 0.717) is 24.6 Å². The lowest BCUT2D eigenvalue weighted by Crippen LogP contribution is -2.24. The molecular formula is C14H18N2O4S. The molecule has 1 N–H and O–H groups in total. The maximum atomic E-state index is 11.0. The van der Waals surface area contributed by atoms with Crippen LogP contribution in [0.4, 0.5) is 0 Å². The van der Waals surface area contributed by atoms with E-state index in [1.54, 1.807) is 7.11 Å². The van der Waals surface area contributed by atoms with Gasteiger partial charge in [0.25, 0.3) is 0 Å². The number of sulfonamides is 1. The SMILES string of the molecule is COc1ccc(-c2nc(CCNS(C)(=O)=O)c(C)o2)cc1. The molecule has 7 heteroatoms. The third kappa shape index (κ3) is 4.30. The lowest BCUT2D eigenvalue weighted by Gasteiger charge is -2.00. The molecule has 0 aliphatic heterocycles. The van der Waals surface area contributed by atoms with Crippen LogP contribution in [0.3, 0.4) is 0 Å². The van der Waals surface area contributed by atoms with Gasteiger partial charge in [0.1, 0.15) is 11.5 Å². The predicted octanol–water partition coefficient (Wildman–Crippen LogP) is 1.75. The molecule has 1 aromatic heterocycles. The van der Waals surface area contributed by atoms with E-state index >= 15 is 0 Å². The van der Waals surface area contributed by atoms with Gasteiger partial charge in [-0.05, 0) is 31.2 Å². The van der Waals surface area contributed by atoms with E-state index in [2.05, 4.69) is 9.71 Å². The molecule has 0 amide bonds. The minimum atomic E-state index is -3.18. The molecule has 1 heterocycles. The summed E-state index contributed by atoms with van der Waals surface area (Å²) in [5, 5.41) is 0. The van der Waals surface area contributed by atoms with Crippen molar-refractivity contribution in [3.63, 3.8) is 0 Å². The summed E-state index contributed by atoms with van der Waals surface area (Å²) in [6, 6.07) is 7.39. The average Bonchev–Trinajstić information content (AvgIpc) is 2.79. The molecule has 0 radical (unpaired) electrons. The fourth-order valence-corrected chi connectivity index (χ4v) is 2.34. The predicted molar refractivity (Wildman–Crippen MR) is 79.8 cm³/mol. The van der Waals surface area contributed by atoms with E-state index in [9.17, 15) is 8.42 Å². The van der Waals surface area contributed by atoms with Crippen molar-refractivity contribution in [2.24, 2.45) is 0 Å². The number of ether oxygens (including phenoxy) is 1. The van der Waals surface area contributed by atoms with Crippen molar-refractivity contribution in [3.8, 4) is 17.2 Å². The zero-order valence-electron chi connectivity index (χ0n) is 12.2. The maximum absolute atomic E-state index is 11.0. The zero-order valence-corrected chi connectivity index (χ0v) is 13.0. The number of rotatable bonds is 6. The van der Waals surface area contributed by atoms with Crippen molar-refractivity contribution < 1.29 is 17.6 Å². The maximum Gasteiger partial charge on any atom is 0.226 e. The van der Waals surface area contributed by atoms with E-state index in [1.165, 1.54) is 0 Å². The highest BCUT2D eigenvalue weighted by Crippen LogP contribution is 2.24. The van der Waals surface area contributed by atoms with Crippen molar-refractivity contribution in [2.75, 3.05) is 19.9 Å². The van der Waals surface area contributed by atoms with Gasteiger partial charge in [-0.25, -0.2) is 18.1 Å². The summed E-state index contributed by atoms with van der Waals surface area (Å²) in [5.41, 5.74) is 1.60. The van der Waals surface area contributed by atoms with E-state index in [-0.39, 0.29) is 0 Å². The smallest absolute Gasteiger partial charge is 0.226 e. The van der Waals surface area contributed by atoms with Gasteiger partial charge in [0.05, 0.1) is 19.1 Å². The number of oxazole rings is 1. The molecule has 0 saturated heterocycles. The summed E-state index contributed by atoms with van der Waals surface area (Å²) in [6.45, 7) is 2.12. The van der Waals surface area contributed by atoms with E-state index in [1.807, 2.05) is 31.2 Å². The van der Waals surface area contributed by atoms with Gasteiger partial charge in [-0.15, -0.1) is 0 Å². The van der Waals surface area contributed by atoms with Crippen LogP contribution in [0.2, 0.25) is 0 Å². The van der Waals surface area contributed by atoms with Crippen LogP contribution in [0.5, 0.6) is 5.75 Å². The number of benzene rings is 1. The Kier molecular flexibility index (Phi) is 4.64. The number of hydrogen-bond donors (Lipinski definition) is 1. The number of aryl methyl sites for hydroxylation is 1. The van der Waals surface area contributed by atoms with Crippen LogP contribution < -0.4 is 9.46 Å². The first-order chi connectivity index (χ1) is 9.89. The molecule has 0 bridgehead atoms. The van der Waals surface area contributed by atoms with Gasteiger partial charge in [-0.2, -0.15) is 0 Å². The van der Waals surface area contributed by atoms with Crippen LogP contribution in [0.1, 0.15) is 11.5 Å². The highest BCUT2D eigenvalue weighted by atomic mass is 32.2. The van der Waals surface area contributed by atoms with Crippen molar-refractivity contribution in [2.45, 2.75) is 13.3 Å². The first kappa shape index (κ1) is 15.5. The minimum absolute atomic E-state index is 0.300. The summed E-state index contributed by atoms with van der Waals surface area (Å²) in [6.07, 6.45) is 1.62. The highest BCUT2D eigenvalue weighted by Gasteiger charge is 2.12. The number of methoxy groups -OCH3 is 1. The lowest BCUT2D eigenvalue weighted by molar-refractivity contribution is 0.415. The van der Waals surface area contributed by atoms with E-state index in [0.717, 1.165) is 23.3 Å². The van der Waals surface area contributed by atoms with Crippen molar-refractivity contribution in [1.29, 1.82) is 0 Å². The number of aromatic nitrogens is 1. The molecule has 0 aliphatic carbocycles. The van der Waals surface area contributed by atoms with Gasteiger partial charge in [0.2, 0.25) is 15.9 Å². The summed E-state index contributed by atoms with van der Waals surface area (Å²) in [4.78, 5) is 4.41. The number of nitrogens with one attached hydrogen (secondary N) is 1. The molecule has 0 saturated carbocycles. The Morgan fingerprint density at radius 1 is 1.29 bits per heavy atom.